The number of hydrogen-bond acceptors (Lipinski definition) is 4. The summed E-state index contributed by atoms with van der Waals surface area (Å²) in [5, 5.41) is 11.1. The molecule has 0 heterocycles. The molecule has 0 atom stereocenters. The van der Waals surface area contributed by atoms with Crippen molar-refractivity contribution in [2.75, 3.05) is 11.4 Å². The Kier molecular flexibility index (Phi) is 4.47. The molecule has 2 aromatic rings. The van der Waals surface area contributed by atoms with Crippen LogP contribution in [0.15, 0.2) is 51.8 Å². The maximum absolute atomic E-state index is 13.8. The zero-order valence-electron chi connectivity index (χ0n) is 11.2. The van der Waals surface area contributed by atoms with Gasteiger partial charge in [-0.3, -0.25) is 14.4 Å². The lowest BCUT2D eigenvalue weighted by Gasteiger charge is -2.19. The van der Waals surface area contributed by atoms with Crippen molar-refractivity contribution in [3.8, 4) is 0 Å². The van der Waals surface area contributed by atoms with Crippen LogP contribution in [0.3, 0.4) is 0 Å². The highest BCUT2D eigenvalue weighted by Crippen LogP contribution is 2.32. The van der Waals surface area contributed by atoms with Gasteiger partial charge in [0.25, 0.3) is 15.7 Å². The van der Waals surface area contributed by atoms with E-state index in [1.807, 2.05) is 0 Å². The number of nitrogens with zero attached hydrogens (tertiary/aromatic N) is 2. The minimum Gasteiger partial charge on any atom is -0.266 e. The monoisotopic (exact) mass is 388 g/mol. The molecule has 9 heteroatoms. The van der Waals surface area contributed by atoms with E-state index in [1.165, 1.54) is 24.3 Å². The Morgan fingerprint density at radius 3 is 2.45 bits per heavy atom. The molecule has 0 aromatic heterocycles. The molecule has 2 rings (SSSR count). The molecule has 0 spiro atoms. The van der Waals surface area contributed by atoms with Gasteiger partial charge < -0.3 is 0 Å². The third-order valence-corrected chi connectivity index (χ3v) is 5.26. The first-order chi connectivity index (χ1) is 10.2. The molecular weight excluding hydrogens is 379 g/mol. The van der Waals surface area contributed by atoms with Crippen LogP contribution >= 0.6 is 15.9 Å². The van der Waals surface area contributed by atoms with Gasteiger partial charge in [-0.1, -0.05) is 28.1 Å². The fraction of sp³-hybridized carbons (Fsp3) is 0.0769. The fourth-order valence-electron chi connectivity index (χ4n) is 1.84. The van der Waals surface area contributed by atoms with Gasteiger partial charge in [0.1, 0.15) is 5.82 Å². The summed E-state index contributed by atoms with van der Waals surface area (Å²) < 4.78 is 39.9. The van der Waals surface area contributed by atoms with Gasteiger partial charge in [-0.25, -0.2) is 12.8 Å². The van der Waals surface area contributed by atoms with E-state index in [-0.39, 0.29) is 5.69 Å². The molecule has 2 aromatic carbocycles. The summed E-state index contributed by atoms with van der Waals surface area (Å²) in [6.07, 6.45) is 0. The Hall–Kier alpha value is -2.00. The molecule has 0 unspecified atom stereocenters. The van der Waals surface area contributed by atoms with Crippen LogP contribution in [-0.4, -0.2) is 20.4 Å². The zero-order valence-corrected chi connectivity index (χ0v) is 13.6. The third-order valence-electron chi connectivity index (χ3n) is 2.95. The predicted octanol–water partition coefficient (Wildman–Crippen LogP) is 3.32. The molecule has 116 valence electrons. The summed E-state index contributed by atoms with van der Waals surface area (Å²) in [6, 6.07) is 8.84. The van der Waals surface area contributed by atoms with Crippen molar-refractivity contribution in [2.24, 2.45) is 0 Å². The Morgan fingerprint density at radius 1 is 1.23 bits per heavy atom. The molecule has 0 N–H and O–H groups in total. The van der Waals surface area contributed by atoms with Crippen LogP contribution in [0.25, 0.3) is 0 Å². The Balaban J connectivity index is 2.61. The van der Waals surface area contributed by atoms with Gasteiger partial charge in [0.15, 0.2) is 4.90 Å². The first-order valence-corrected chi connectivity index (χ1v) is 8.16. The predicted molar refractivity (Wildman–Crippen MR) is 82.8 cm³/mol. The highest BCUT2D eigenvalue weighted by Gasteiger charge is 2.31. The molecule has 0 aliphatic carbocycles. The van der Waals surface area contributed by atoms with Crippen LogP contribution in [0, 0.1) is 15.9 Å². The van der Waals surface area contributed by atoms with E-state index in [0.717, 1.165) is 25.2 Å². The van der Waals surface area contributed by atoms with Crippen LogP contribution in [-0.2, 0) is 10.0 Å². The summed E-state index contributed by atoms with van der Waals surface area (Å²) >= 11 is 3.05. The van der Waals surface area contributed by atoms with Crippen LogP contribution in [0.2, 0.25) is 0 Å². The highest BCUT2D eigenvalue weighted by atomic mass is 79.9. The topological polar surface area (TPSA) is 80.5 Å². The smallest absolute Gasteiger partial charge is 0.266 e. The number of hydrogen-bond donors (Lipinski definition) is 0. The molecule has 0 fully saturated rings. The lowest BCUT2D eigenvalue weighted by Crippen LogP contribution is -2.28. The highest BCUT2D eigenvalue weighted by molar-refractivity contribution is 9.10. The number of anilines is 1. The maximum atomic E-state index is 13.8. The van der Waals surface area contributed by atoms with E-state index in [2.05, 4.69) is 15.9 Å². The van der Waals surface area contributed by atoms with Crippen molar-refractivity contribution in [3.63, 3.8) is 0 Å². The summed E-state index contributed by atoms with van der Waals surface area (Å²) in [6.45, 7) is 0. The Morgan fingerprint density at radius 2 is 1.86 bits per heavy atom. The van der Waals surface area contributed by atoms with E-state index in [0.29, 0.717) is 8.78 Å². The second-order valence-electron chi connectivity index (χ2n) is 4.29. The van der Waals surface area contributed by atoms with E-state index in [9.17, 15) is 22.9 Å². The number of nitro groups is 1. The van der Waals surface area contributed by atoms with Gasteiger partial charge in [-0.15, -0.1) is 0 Å². The van der Waals surface area contributed by atoms with E-state index < -0.39 is 31.3 Å². The van der Waals surface area contributed by atoms with Gasteiger partial charge >= 0.3 is 0 Å². The molecule has 0 saturated carbocycles. The first kappa shape index (κ1) is 16.4. The molecule has 0 saturated heterocycles. The van der Waals surface area contributed by atoms with Gasteiger partial charge in [0.05, 0.1) is 10.6 Å². The molecular formula is C13H10BrFN2O4S. The van der Waals surface area contributed by atoms with Crippen LogP contribution < -0.4 is 4.31 Å². The number of benzene rings is 2. The van der Waals surface area contributed by atoms with Crippen molar-refractivity contribution in [3.05, 3.63) is 62.9 Å². The van der Waals surface area contributed by atoms with Gasteiger partial charge in [-0.2, -0.15) is 0 Å². The van der Waals surface area contributed by atoms with E-state index in [1.54, 1.807) is 0 Å². The summed E-state index contributed by atoms with van der Waals surface area (Å²) in [7, 11) is -3.14. The lowest BCUT2D eigenvalue weighted by molar-refractivity contribution is -0.387. The molecule has 22 heavy (non-hydrogen) atoms. The standard InChI is InChI=1S/C13H10BrFN2O4S/c1-16(11-5-3-2-4-10(11)15)22(20,21)13-7-6-9(14)8-12(13)17(18)19/h2-8H,1H3. The minimum atomic E-state index is -4.28. The van der Waals surface area contributed by atoms with Crippen molar-refractivity contribution in [1.82, 2.24) is 0 Å². The molecule has 0 bridgehead atoms. The van der Waals surface area contributed by atoms with Gasteiger partial charge in [0, 0.05) is 17.6 Å². The van der Waals surface area contributed by atoms with Gasteiger partial charge in [-0.05, 0) is 24.3 Å². The largest absolute Gasteiger partial charge is 0.291 e. The second kappa shape index (κ2) is 6.01. The van der Waals surface area contributed by atoms with Gasteiger partial charge in [0.2, 0.25) is 0 Å². The Bertz CT molecular complexity index is 842. The van der Waals surface area contributed by atoms with Crippen LogP contribution in [0.5, 0.6) is 0 Å². The van der Waals surface area contributed by atoms with Crippen LogP contribution in [0.4, 0.5) is 15.8 Å². The van der Waals surface area contributed by atoms with Crippen molar-refractivity contribution < 1.29 is 17.7 Å². The van der Waals surface area contributed by atoms with Crippen LogP contribution in [0.1, 0.15) is 0 Å². The molecule has 0 aliphatic rings. The average molecular weight is 389 g/mol. The van der Waals surface area contributed by atoms with E-state index in [4.69, 9.17) is 0 Å². The Labute approximate surface area is 134 Å². The fourth-order valence-corrected chi connectivity index (χ4v) is 3.52. The lowest BCUT2D eigenvalue weighted by atomic mass is 10.3. The number of sulfonamides is 1. The minimum absolute atomic E-state index is 0.195. The third kappa shape index (κ3) is 2.95. The number of rotatable bonds is 4. The quantitative estimate of drug-likeness (QED) is 0.594. The van der Waals surface area contributed by atoms with Crippen molar-refractivity contribution in [1.29, 1.82) is 0 Å². The number of nitro benzene ring substituents is 1. The molecule has 6 nitrogen and oxygen atoms in total. The maximum Gasteiger partial charge on any atom is 0.291 e. The first-order valence-electron chi connectivity index (χ1n) is 5.92. The summed E-state index contributed by atoms with van der Waals surface area (Å²) in [4.78, 5) is 9.77. The number of para-hydroxylation sites is 1. The zero-order chi connectivity index (χ0) is 16.5. The summed E-state index contributed by atoms with van der Waals surface area (Å²) in [5.74, 6) is -0.742. The summed E-state index contributed by atoms with van der Waals surface area (Å²) in [5.41, 5.74) is -0.780. The SMILES string of the molecule is CN(c1ccccc1F)S(=O)(=O)c1ccc(Br)cc1[N+](=O)[O-]. The molecule has 0 radical (unpaired) electrons. The van der Waals surface area contributed by atoms with Crippen molar-refractivity contribution >= 4 is 37.3 Å². The van der Waals surface area contributed by atoms with E-state index >= 15 is 0 Å². The molecule has 0 amide bonds. The number of halogens is 2. The average Bonchev–Trinajstić information content (AvgIpc) is 2.46. The second-order valence-corrected chi connectivity index (χ2v) is 7.15. The van der Waals surface area contributed by atoms with Crippen molar-refractivity contribution in [2.45, 2.75) is 4.90 Å². The molecule has 0 aliphatic heterocycles. The normalized spacial score (nSPS) is 11.2.